The summed E-state index contributed by atoms with van der Waals surface area (Å²) >= 11 is 1.83. The molecule has 0 saturated heterocycles. The van der Waals surface area contributed by atoms with Crippen LogP contribution in [0.4, 0.5) is 17.1 Å². The Morgan fingerprint density at radius 2 is 1.09 bits per heavy atom. The fourth-order valence-electron chi connectivity index (χ4n) is 6.63. The molecule has 0 spiro atoms. The van der Waals surface area contributed by atoms with Gasteiger partial charge in [-0.05, 0) is 104 Å². The monoisotopic (exact) mass is 605 g/mol. The summed E-state index contributed by atoms with van der Waals surface area (Å²) in [7, 11) is 0. The first-order chi connectivity index (χ1) is 23.6. The number of hydrogen-bond acceptors (Lipinski definition) is 2. The molecule has 0 bridgehead atoms. The third-order valence-corrected chi connectivity index (χ3v) is 9.98. The predicted molar refractivity (Wildman–Crippen MR) is 202 cm³/mol. The van der Waals surface area contributed by atoms with Crippen molar-refractivity contribution in [2.45, 2.75) is 0 Å². The number of thiophene rings is 1. The fourth-order valence-corrected chi connectivity index (χ4v) is 7.71. The lowest BCUT2D eigenvalue weighted by Crippen LogP contribution is -2.09. The molecule has 0 aliphatic rings. The number of hydrogen-bond donors (Lipinski definition) is 0. The van der Waals surface area contributed by atoms with Gasteiger partial charge in [-0.2, -0.15) is 0 Å². The minimum atomic E-state index is 0.206. The number of rotatable bonds is 5. The Kier molecular flexibility index (Phi) is 5.90. The van der Waals surface area contributed by atoms with Crippen LogP contribution in [0.5, 0.6) is 0 Å². The van der Waals surface area contributed by atoms with Gasteiger partial charge >= 0.3 is 0 Å². The highest BCUT2D eigenvalue weighted by molar-refractivity contribution is 7.25. The summed E-state index contributed by atoms with van der Waals surface area (Å²) < 4.78 is 21.0. The first-order valence-electron chi connectivity index (χ1n) is 16.5. The van der Waals surface area contributed by atoms with E-state index in [9.17, 15) is 2.74 Å². The first-order valence-corrected chi connectivity index (χ1v) is 16.3. The van der Waals surface area contributed by atoms with Crippen molar-refractivity contribution in [3.63, 3.8) is 0 Å². The molecule has 9 rings (SSSR count). The van der Waals surface area contributed by atoms with Gasteiger partial charge in [0.15, 0.2) is 0 Å². The Morgan fingerprint density at radius 1 is 0.413 bits per heavy atom. The molecule has 8 aromatic carbocycles. The van der Waals surface area contributed by atoms with Crippen LogP contribution >= 0.6 is 11.3 Å². The van der Waals surface area contributed by atoms with Gasteiger partial charge in [-0.25, -0.2) is 0 Å². The van der Waals surface area contributed by atoms with Gasteiger partial charge in [-0.1, -0.05) is 115 Å². The van der Waals surface area contributed by atoms with Crippen LogP contribution in [0.25, 0.3) is 64.6 Å². The highest BCUT2D eigenvalue weighted by Crippen LogP contribution is 2.41. The van der Waals surface area contributed by atoms with Crippen molar-refractivity contribution in [2.24, 2.45) is 0 Å². The molecule has 1 aromatic heterocycles. The van der Waals surface area contributed by atoms with E-state index >= 15 is 0 Å². The summed E-state index contributed by atoms with van der Waals surface area (Å²) in [5.41, 5.74) is 4.69. The van der Waals surface area contributed by atoms with Gasteiger partial charge in [0.1, 0.15) is 0 Å². The van der Waals surface area contributed by atoms with E-state index in [4.69, 9.17) is 0 Å². The largest absolute Gasteiger partial charge is 0.310 e. The van der Waals surface area contributed by atoms with Crippen molar-refractivity contribution in [1.82, 2.24) is 0 Å². The van der Waals surface area contributed by atoms with Crippen LogP contribution in [-0.2, 0) is 0 Å². The highest BCUT2D eigenvalue weighted by atomic mass is 32.1. The zero-order valence-corrected chi connectivity index (χ0v) is 25.8. The summed E-state index contributed by atoms with van der Waals surface area (Å²) in [6.45, 7) is 0. The van der Waals surface area contributed by atoms with Crippen LogP contribution in [-0.4, -0.2) is 0 Å². The van der Waals surface area contributed by atoms with E-state index in [1.165, 1.54) is 20.2 Å². The smallest absolute Gasteiger partial charge is 0.0629 e. The summed E-state index contributed by atoms with van der Waals surface area (Å²) in [6.07, 6.45) is 0. The Bertz CT molecular complexity index is 2710. The number of benzene rings is 8. The lowest BCUT2D eigenvalue weighted by molar-refractivity contribution is 1.30. The minimum Gasteiger partial charge on any atom is -0.310 e. The van der Waals surface area contributed by atoms with Gasteiger partial charge in [0, 0.05) is 37.2 Å². The Labute approximate surface area is 274 Å². The average molecular weight is 606 g/mol. The predicted octanol–water partition coefficient (Wildman–Crippen LogP) is 13.2. The molecule has 2 heteroatoms. The van der Waals surface area contributed by atoms with Crippen LogP contribution in [0.15, 0.2) is 164 Å². The van der Waals surface area contributed by atoms with Crippen LogP contribution in [0.3, 0.4) is 0 Å². The normalized spacial score (nSPS) is 12.9. The minimum absolute atomic E-state index is 0.206. The van der Waals surface area contributed by atoms with Gasteiger partial charge in [-0.3, -0.25) is 0 Å². The number of anilines is 3. The Balaban J connectivity index is 1.18. The average Bonchev–Trinajstić information content (AvgIpc) is 3.52. The lowest BCUT2D eigenvalue weighted by Gasteiger charge is -2.26. The molecule has 0 unspecified atom stereocenters. The second kappa shape index (κ2) is 11.0. The number of fused-ring (bicyclic) bond motifs is 7. The third kappa shape index (κ3) is 4.63. The van der Waals surface area contributed by atoms with Gasteiger partial charge in [0.2, 0.25) is 0 Å². The van der Waals surface area contributed by atoms with Crippen molar-refractivity contribution < 1.29 is 2.74 Å². The van der Waals surface area contributed by atoms with E-state index in [2.05, 4.69) is 132 Å². The maximum absolute atomic E-state index is 9.25. The fraction of sp³-hybridized carbons (Fsp3) is 0. The zero-order valence-electron chi connectivity index (χ0n) is 26.9. The van der Waals surface area contributed by atoms with E-state index < -0.39 is 0 Å². The molecule has 0 radical (unpaired) electrons. The lowest BCUT2D eigenvalue weighted by atomic mass is 9.96. The summed E-state index contributed by atoms with van der Waals surface area (Å²) in [5.74, 6) is 0. The SMILES string of the molecule is [2H]/C(=C(/[2H])c1cc2ccccc2c2ccccc12)c1ccc2ccc(N(c3ccccc3)c3ccc4sc5ccccc5c4c3)cc2c1. The molecule has 9 aromatic rings. The van der Waals surface area contributed by atoms with Crippen molar-refractivity contribution in [1.29, 1.82) is 0 Å². The van der Waals surface area contributed by atoms with Gasteiger partial charge in [0.05, 0.1) is 2.74 Å². The van der Waals surface area contributed by atoms with Gasteiger partial charge < -0.3 is 4.90 Å². The second-order valence-corrected chi connectivity index (χ2v) is 12.7. The number of para-hydroxylation sites is 1. The molecule has 0 aliphatic heterocycles. The van der Waals surface area contributed by atoms with E-state index in [0.717, 1.165) is 60.5 Å². The molecule has 0 aliphatic carbocycles. The molecule has 216 valence electrons. The molecule has 0 fully saturated rings. The van der Waals surface area contributed by atoms with E-state index in [1.54, 1.807) is 0 Å². The van der Waals surface area contributed by atoms with Crippen LogP contribution in [0.1, 0.15) is 13.9 Å². The van der Waals surface area contributed by atoms with Crippen LogP contribution < -0.4 is 4.90 Å². The zero-order chi connectivity index (χ0) is 32.2. The van der Waals surface area contributed by atoms with Crippen molar-refractivity contribution in [2.75, 3.05) is 4.90 Å². The molecule has 0 amide bonds. The van der Waals surface area contributed by atoms with E-state index in [0.29, 0.717) is 0 Å². The maximum Gasteiger partial charge on any atom is 0.0629 e. The van der Waals surface area contributed by atoms with Crippen molar-refractivity contribution >= 4 is 93.0 Å². The number of nitrogens with zero attached hydrogens (tertiary/aromatic N) is 1. The van der Waals surface area contributed by atoms with E-state index in [-0.39, 0.29) is 12.1 Å². The Morgan fingerprint density at radius 3 is 1.98 bits per heavy atom. The quantitative estimate of drug-likeness (QED) is 0.139. The summed E-state index contributed by atoms with van der Waals surface area (Å²) in [6, 6.07) is 57.4. The molecular weight excluding hydrogens is 575 g/mol. The van der Waals surface area contributed by atoms with Crippen LogP contribution in [0.2, 0.25) is 0 Å². The van der Waals surface area contributed by atoms with Crippen molar-refractivity contribution in [3.05, 3.63) is 175 Å². The molecule has 1 heterocycles. The van der Waals surface area contributed by atoms with Crippen LogP contribution in [0, 0.1) is 0 Å². The standard InChI is InChI=1S/C44H29NS/c1-2-11-35(12-3-1)45(37-24-25-44-42(29-37)41-16-8-9-17-43(41)46-44)36-23-22-31-20-18-30(26-34(31)28-36)19-21-33-27-32-10-4-5-13-38(32)40-15-7-6-14-39(33)40/h1-29H/b21-19+/i19D,21D. The first kappa shape index (κ1) is 24.6. The topological polar surface area (TPSA) is 3.24 Å². The van der Waals surface area contributed by atoms with Gasteiger partial charge in [-0.15, -0.1) is 11.3 Å². The maximum atomic E-state index is 9.25. The second-order valence-electron chi connectivity index (χ2n) is 11.6. The Hall–Kier alpha value is -5.70. The molecular formula is C44H29NS. The highest BCUT2D eigenvalue weighted by Gasteiger charge is 2.15. The molecule has 1 nitrogen and oxygen atoms in total. The van der Waals surface area contributed by atoms with Gasteiger partial charge in [0.25, 0.3) is 0 Å². The molecule has 0 atom stereocenters. The summed E-state index contributed by atoms with van der Waals surface area (Å²) in [4.78, 5) is 2.30. The molecule has 0 N–H and O–H groups in total. The van der Waals surface area contributed by atoms with E-state index in [1.807, 2.05) is 47.7 Å². The summed E-state index contributed by atoms with van der Waals surface area (Å²) in [5, 5.41) is 8.95. The third-order valence-electron chi connectivity index (χ3n) is 8.82. The molecule has 0 saturated carbocycles. The molecule has 46 heavy (non-hydrogen) atoms. The van der Waals surface area contributed by atoms with Crippen molar-refractivity contribution in [3.8, 4) is 0 Å².